The number of allylic oxidation sites excluding steroid dienone is 1. The molecule has 1 atom stereocenters. The van der Waals surface area contributed by atoms with Gasteiger partial charge in [-0.15, -0.1) is 0 Å². The van der Waals surface area contributed by atoms with Crippen molar-refractivity contribution >= 4 is 5.97 Å². The molecule has 0 aliphatic heterocycles. The zero-order valence-electron chi connectivity index (χ0n) is 8.39. The first-order valence-electron chi connectivity index (χ1n) is 4.38. The summed E-state index contributed by atoms with van der Waals surface area (Å²) in [6.07, 6.45) is 2.74. The average Bonchev–Trinajstić information content (AvgIpc) is 2.02. The van der Waals surface area contributed by atoms with E-state index >= 15 is 0 Å². The van der Waals surface area contributed by atoms with Gasteiger partial charge in [-0.1, -0.05) is 19.4 Å². The fourth-order valence-corrected chi connectivity index (χ4v) is 0.599. The number of esters is 1. The first-order valence-corrected chi connectivity index (χ1v) is 4.38. The van der Waals surface area contributed by atoms with Gasteiger partial charge in [0.2, 0.25) is 0 Å². The molecular weight excluding hydrogens is 152 g/mol. The van der Waals surface area contributed by atoms with Crippen LogP contribution in [0.1, 0.15) is 34.1 Å². The Morgan fingerprint density at radius 3 is 2.50 bits per heavy atom. The fourth-order valence-electron chi connectivity index (χ4n) is 0.599. The van der Waals surface area contributed by atoms with Gasteiger partial charge in [0.1, 0.15) is 6.61 Å². The van der Waals surface area contributed by atoms with Gasteiger partial charge in [0.05, 0.1) is 5.92 Å². The molecule has 0 saturated heterocycles. The first-order chi connectivity index (χ1) is 5.57. The lowest BCUT2D eigenvalue weighted by Crippen LogP contribution is -2.13. The molecule has 0 N–H and O–H groups in total. The van der Waals surface area contributed by atoms with Crippen LogP contribution >= 0.6 is 0 Å². The van der Waals surface area contributed by atoms with E-state index in [0.29, 0.717) is 6.61 Å². The Hall–Kier alpha value is -0.790. The van der Waals surface area contributed by atoms with Crippen LogP contribution in [-0.4, -0.2) is 12.6 Å². The second-order valence-electron chi connectivity index (χ2n) is 3.22. The molecule has 0 saturated carbocycles. The quantitative estimate of drug-likeness (QED) is 0.478. The minimum Gasteiger partial charge on any atom is -0.461 e. The molecule has 12 heavy (non-hydrogen) atoms. The van der Waals surface area contributed by atoms with E-state index in [1.807, 2.05) is 33.8 Å². The lowest BCUT2D eigenvalue weighted by Gasteiger charge is -2.06. The minimum atomic E-state index is -0.102. The standard InChI is InChI=1S/C10H18O2/c1-5-9(4)10(11)12-7-6-8(2)3/h6,9H,5,7H2,1-4H3. The average molecular weight is 170 g/mol. The van der Waals surface area contributed by atoms with Crippen LogP contribution in [0.2, 0.25) is 0 Å². The predicted molar refractivity (Wildman–Crippen MR) is 49.8 cm³/mol. The van der Waals surface area contributed by atoms with Gasteiger partial charge >= 0.3 is 5.97 Å². The third-order valence-electron chi connectivity index (χ3n) is 1.73. The molecule has 0 aromatic rings. The van der Waals surface area contributed by atoms with Crippen molar-refractivity contribution < 1.29 is 9.53 Å². The highest BCUT2D eigenvalue weighted by Crippen LogP contribution is 2.03. The fraction of sp³-hybridized carbons (Fsp3) is 0.700. The number of rotatable bonds is 4. The monoisotopic (exact) mass is 170 g/mol. The van der Waals surface area contributed by atoms with Gasteiger partial charge in [0.15, 0.2) is 0 Å². The van der Waals surface area contributed by atoms with Crippen molar-refractivity contribution in [1.29, 1.82) is 0 Å². The number of hydrogen-bond donors (Lipinski definition) is 0. The highest BCUT2D eigenvalue weighted by Gasteiger charge is 2.10. The van der Waals surface area contributed by atoms with Gasteiger partial charge in [0.25, 0.3) is 0 Å². The maximum absolute atomic E-state index is 11.1. The number of carbonyl (C=O) groups excluding carboxylic acids is 1. The number of carbonyl (C=O) groups is 1. The summed E-state index contributed by atoms with van der Waals surface area (Å²) in [7, 11) is 0. The largest absolute Gasteiger partial charge is 0.461 e. The molecular formula is C10H18O2. The predicted octanol–water partition coefficient (Wildman–Crippen LogP) is 2.54. The Kier molecular flexibility index (Phi) is 5.43. The third kappa shape index (κ3) is 4.94. The second-order valence-corrected chi connectivity index (χ2v) is 3.22. The van der Waals surface area contributed by atoms with Crippen LogP contribution in [0.5, 0.6) is 0 Å². The smallest absolute Gasteiger partial charge is 0.308 e. The Bertz CT molecular complexity index is 167. The Morgan fingerprint density at radius 1 is 1.50 bits per heavy atom. The number of ether oxygens (including phenoxy) is 1. The van der Waals surface area contributed by atoms with Crippen LogP contribution in [0.15, 0.2) is 11.6 Å². The highest BCUT2D eigenvalue weighted by molar-refractivity contribution is 5.71. The Balaban J connectivity index is 3.65. The van der Waals surface area contributed by atoms with Crippen LogP contribution in [0, 0.1) is 5.92 Å². The molecule has 2 heteroatoms. The van der Waals surface area contributed by atoms with E-state index in [9.17, 15) is 4.79 Å². The van der Waals surface area contributed by atoms with E-state index in [0.717, 1.165) is 6.42 Å². The van der Waals surface area contributed by atoms with E-state index < -0.39 is 0 Å². The summed E-state index contributed by atoms with van der Waals surface area (Å²) in [4.78, 5) is 11.1. The lowest BCUT2D eigenvalue weighted by atomic mass is 10.1. The second kappa shape index (κ2) is 5.81. The normalized spacial score (nSPS) is 12.0. The van der Waals surface area contributed by atoms with Crippen LogP contribution in [0.25, 0.3) is 0 Å². The zero-order valence-corrected chi connectivity index (χ0v) is 8.39. The van der Waals surface area contributed by atoms with Gasteiger partial charge < -0.3 is 4.74 Å². The molecule has 0 bridgehead atoms. The summed E-state index contributed by atoms with van der Waals surface area (Å²) in [5.74, 6) is -0.0782. The Labute approximate surface area is 74.6 Å². The van der Waals surface area contributed by atoms with E-state index in [1.54, 1.807) is 0 Å². The Morgan fingerprint density at radius 2 is 2.08 bits per heavy atom. The first kappa shape index (κ1) is 11.2. The SMILES string of the molecule is CCC(C)C(=O)OCC=C(C)C. The zero-order chi connectivity index (χ0) is 9.56. The van der Waals surface area contributed by atoms with Crippen molar-refractivity contribution in [1.82, 2.24) is 0 Å². The summed E-state index contributed by atoms with van der Waals surface area (Å²) < 4.78 is 4.99. The molecule has 0 spiro atoms. The van der Waals surface area contributed by atoms with Crippen LogP contribution in [0.4, 0.5) is 0 Å². The summed E-state index contributed by atoms with van der Waals surface area (Å²) in [5.41, 5.74) is 1.17. The molecule has 0 amide bonds. The van der Waals surface area contributed by atoms with Crippen molar-refractivity contribution in [3.8, 4) is 0 Å². The van der Waals surface area contributed by atoms with E-state index in [4.69, 9.17) is 4.74 Å². The van der Waals surface area contributed by atoms with Crippen LogP contribution < -0.4 is 0 Å². The van der Waals surface area contributed by atoms with Crippen molar-refractivity contribution in [2.24, 2.45) is 5.92 Å². The van der Waals surface area contributed by atoms with Crippen LogP contribution in [0.3, 0.4) is 0 Å². The molecule has 0 rings (SSSR count). The molecule has 0 fully saturated rings. The van der Waals surface area contributed by atoms with Crippen molar-refractivity contribution in [3.63, 3.8) is 0 Å². The maximum atomic E-state index is 11.1. The van der Waals surface area contributed by atoms with E-state index in [1.165, 1.54) is 5.57 Å². The van der Waals surface area contributed by atoms with Gasteiger partial charge in [-0.3, -0.25) is 4.79 Å². The highest BCUT2D eigenvalue weighted by atomic mass is 16.5. The van der Waals surface area contributed by atoms with Crippen molar-refractivity contribution in [2.75, 3.05) is 6.61 Å². The van der Waals surface area contributed by atoms with E-state index in [-0.39, 0.29) is 11.9 Å². The van der Waals surface area contributed by atoms with E-state index in [2.05, 4.69) is 0 Å². The molecule has 2 nitrogen and oxygen atoms in total. The lowest BCUT2D eigenvalue weighted by molar-refractivity contribution is -0.146. The van der Waals surface area contributed by atoms with Gasteiger partial charge in [-0.05, 0) is 26.3 Å². The molecule has 0 radical (unpaired) electrons. The molecule has 0 heterocycles. The molecule has 0 aliphatic carbocycles. The molecule has 0 aromatic heterocycles. The molecule has 1 unspecified atom stereocenters. The van der Waals surface area contributed by atoms with Gasteiger partial charge in [-0.25, -0.2) is 0 Å². The molecule has 0 aromatic carbocycles. The van der Waals surface area contributed by atoms with Crippen LogP contribution in [-0.2, 0) is 9.53 Å². The van der Waals surface area contributed by atoms with Gasteiger partial charge in [-0.2, -0.15) is 0 Å². The topological polar surface area (TPSA) is 26.3 Å². The summed E-state index contributed by atoms with van der Waals surface area (Å²) in [6.45, 7) is 8.23. The minimum absolute atomic E-state index is 0.0237. The third-order valence-corrected chi connectivity index (χ3v) is 1.73. The van der Waals surface area contributed by atoms with Crippen molar-refractivity contribution in [3.05, 3.63) is 11.6 Å². The summed E-state index contributed by atoms with van der Waals surface area (Å²) >= 11 is 0. The molecule has 0 aliphatic rings. The van der Waals surface area contributed by atoms with Gasteiger partial charge in [0, 0.05) is 0 Å². The summed E-state index contributed by atoms with van der Waals surface area (Å²) in [5, 5.41) is 0. The molecule has 70 valence electrons. The maximum Gasteiger partial charge on any atom is 0.308 e. The summed E-state index contributed by atoms with van der Waals surface area (Å²) in [6, 6.07) is 0. The number of hydrogen-bond acceptors (Lipinski definition) is 2. The van der Waals surface area contributed by atoms with Crippen molar-refractivity contribution in [2.45, 2.75) is 34.1 Å².